The Balaban J connectivity index is 1.77. The van der Waals surface area contributed by atoms with Crippen LogP contribution in [-0.2, 0) is 11.8 Å². The van der Waals surface area contributed by atoms with E-state index in [4.69, 9.17) is 4.74 Å². The monoisotopic (exact) mass is 572 g/mol. The van der Waals surface area contributed by atoms with Crippen molar-refractivity contribution in [2.75, 3.05) is 0 Å². The van der Waals surface area contributed by atoms with Gasteiger partial charge in [0.2, 0.25) is 0 Å². The molecule has 2 rings (SSSR count). The van der Waals surface area contributed by atoms with Crippen molar-refractivity contribution >= 4 is 31.9 Å². The predicted molar refractivity (Wildman–Crippen MR) is 145 cm³/mol. The molecule has 184 valence electrons. The summed E-state index contributed by atoms with van der Waals surface area (Å²) in [5.74, 6) is 3.85. The molecule has 0 bridgehead atoms. The molecular formula is C28H46Br2O2. The zero-order valence-electron chi connectivity index (χ0n) is 21.3. The van der Waals surface area contributed by atoms with Crippen LogP contribution in [0, 0.1) is 24.7 Å². The number of rotatable bonds is 13. The van der Waals surface area contributed by atoms with Gasteiger partial charge in [0.1, 0.15) is 17.1 Å². The molecule has 0 saturated carbocycles. The number of phenols is 1. The van der Waals surface area contributed by atoms with Crippen LogP contribution in [-0.4, -0.2) is 10.7 Å². The highest BCUT2D eigenvalue weighted by Gasteiger charge is 2.35. The van der Waals surface area contributed by atoms with Crippen LogP contribution in [0.3, 0.4) is 0 Å². The molecule has 32 heavy (non-hydrogen) atoms. The number of ether oxygens (including phenoxy) is 1. The Kier molecular flexibility index (Phi) is 11.4. The Morgan fingerprint density at radius 3 is 2.09 bits per heavy atom. The van der Waals surface area contributed by atoms with Crippen LogP contribution >= 0.6 is 31.9 Å². The van der Waals surface area contributed by atoms with Gasteiger partial charge < -0.3 is 9.84 Å². The summed E-state index contributed by atoms with van der Waals surface area (Å²) in [5, 5.41) is 11.2. The first-order valence-corrected chi connectivity index (χ1v) is 14.8. The zero-order valence-corrected chi connectivity index (χ0v) is 24.5. The summed E-state index contributed by atoms with van der Waals surface area (Å²) in [6.07, 6.45) is 13.9. The second kappa shape index (κ2) is 13.0. The van der Waals surface area contributed by atoms with Crippen molar-refractivity contribution in [3.05, 3.63) is 21.2 Å². The highest BCUT2D eigenvalue weighted by Crippen LogP contribution is 2.47. The Hall–Kier alpha value is -0.220. The number of alkyl halides is 1. The van der Waals surface area contributed by atoms with Crippen LogP contribution in [0.15, 0.2) is 4.47 Å². The van der Waals surface area contributed by atoms with E-state index in [1.165, 1.54) is 56.9 Å². The maximum atomic E-state index is 10.5. The topological polar surface area (TPSA) is 29.5 Å². The number of hydrogen-bond donors (Lipinski definition) is 1. The molecule has 3 atom stereocenters. The number of fused-ring (bicyclic) bond motifs is 1. The number of halogens is 2. The van der Waals surface area contributed by atoms with Gasteiger partial charge in [-0.05, 0) is 73.2 Å². The largest absolute Gasteiger partial charge is 0.506 e. The minimum absolute atomic E-state index is 0.109. The van der Waals surface area contributed by atoms with Gasteiger partial charge in [0, 0.05) is 22.0 Å². The number of aromatic hydroxyl groups is 1. The SMILES string of the molecule is Cc1c(Br)c(O)c(CBr)c2c1O[C@](C)(CCC[C@H](C)CCC[C@H](C)CCCC(C)C)CC2. The van der Waals surface area contributed by atoms with Gasteiger partial charge in [-0.25, -0.2) is 0 Å². The Morgan fingerprint density at radius 1 is 0.969 bits per heavy atom. The van der Waals surface area contributed by atoms with E-state index in [9.17, 15) is 5.11 Å². The van der Waals surface area contributed by atoms with Gasteiger partial charge in [0.25, 0.3) is 0 Å². The fourth-order valence-corrected chi connectivity index (χ4v) is 6.15. The van der Waals surface area contributed by atoms with Crippen LogP contribution in [0.25, 0.3) is 0 Å². The lowest BCUT2D eigenvalue weighted by Gasteiger charge is -2.38. The maximum absolute atomic E-state index is 10.5. The van der Waals surface area contributed by atoms with E-state index in [0.717, 1.165) is 58.4 Å². The molecule has 1 aliphatic heterocycles. The van der Waals surface area contributed by atoms with Crippen molar-refractivity contribution in [1.82, 2.24) is 0 Å². The van der Waals surface area contributed by atoms with Crippen molar-refractivity contribution in [2.24, 2.45) is 17.8 Å². The number of hydrogen-bond acceptors (Lipinski definition) is 2. The highest BCUT2D eigenvalue weighted by molar-refractivity contribution is 9.10. The molecule has 1 aromatic rings. The predicted octanol–water partition coefficient (Wildman–Crippen LogP) is 9.88. The van der Waals surface area contributed by atoms with Crippen molar-refractivity contribution in [3.8, 4) is 11.5 Å². The smallest absolute Gasteiger partial charge is 0.134 e. The van der Waals surface area contributed by atoms with Crippen molar-refractivity contribution in [1.29, 1.82) is 0 Å². The van der Waals surface area contributed by atoms with Gasteiger partial charge in [-0.1, -0.05) is 88.6 Å². The quantitative estimate of drug-likeness (QED) is 0.238. The van der Waals surface area contributed by atoms with E-state index in [2.05, 4.69) is 66.5 Å². The van der Waals surface area contributed by atoms with Crippen LogP contribution in [0.1, 0.15) is 116 Å². The van der Waals surface area contributed by atoms with Gasteiger partial charge in [-0.15, -0.1) is 0 Å². The van der Waals surface area contributed by atoms with E-state index in [-0.39, 0.29) is 5.60 Å². The fourth-order valence-electron chi connectivity index (χ4n) is 5.13. The standard InChI is InChI=1S/C28H46Br2O2/c1-19(2)10-7-11-20(3)12-8-13-21(4)14-9-16-28(6)17-15-23-24(18-29)26(31)25(30)22(5)27(23)32-28/h19-21,31H,7-18H2,1-6H3/t20-,21-,28-/m1/s1. The van der Waals surface area contributed by atoms with E-state index in [1.54, 1.807) is 0 Å². The lowest BCUT2D eigenvalue weighted by atomic mass is 9.84. The second-order valence-corrected chi connectivity index (χ2v) is 12.5. The Morgan fingerprint density at radius 2 is 1.53 bits per heavy atom. The average Bonchev–Trinajstić information content (AvgIpc) is 2.73. The summed E-state index contributed by atoms with van der Waals surface area (Å²) in [5.41, 5.74) is 3.05. The normalized spacial score (nSPS) is 20.2. The average molecular weight is 574 g/mol. The van der Waals surface area contributed by atoms with Crippen molar-refractivity contribution in [3.63, 3.8) is 0 Å². The summed E-state index contributed by atoms with van der Waals surface area (Å²) >= 11 is 7.11. The molecule has 0 aromatic heterocycles. The third-order valence-electron chi connectivity index (χ3n) is 7.46. The van der Waals surface area contributed by atoms with Crippen LogP contribution < -0.4 is 4.74 Å². The molecule has 0 saturated heterocycles. The van der Waals surface area contributed by atoms with Gasteiger partial charge in [-0.2, -0.15) is 0 Å². The zero-order chi connectivity index (χ0) is 23.9. The molecule has 0 unspecified atom stereocenters. The maximum Gasteiger partial charge on any atom is 0.134 e. The van der Waals surface area contributed by atoms with E-state index in [1.807, 2.05) is 6.92 Å². The van der Waals surface area contributed by atoms with Crippen molar-refractivity contribution < 1.29 is 9.84 Å². The first-order chi connectivity index (χ1) is 15.1. The van der Waals surface area contributed by atoms with E-state index >= 15 is 0 Å². The number of benzene rings is 1. The molecule has 0 fully saturated rings. The van der Waals surface area contributed by atoms with Crippen LogP contribution in [0.5, 0.6) is 11.5 Å². The third kappa shape index (κ3) is 7.93. The summed E-state index contributed by atoms with van der Waals surface area (Å²) in [4.78, 5) is 0. The summed E-state index contributed by atoms with van der Waals surface area (Å²) in [6.45, 7) is 13.8. The van der Waals surface area contributed by atoms with Crippen LogP contribution in [0.2, 0.25) is 0 Å². The molecule has 1 heterocycles. The lowest BCUT2D eigenvalue weighted by molar-refractivity contribution is 0.0511. The molecule has 1 aliphatic rings. The molecule has 0 radical (unpaired) electrons. The van der Waals surface area contributed by atoms with Gasteiger partial charge >= 0.3 is 0 Å². The summed E-state index contributed by atoms with van der Waals surface area (Å²) in [7, 11) is 0. The molecule has 4 heteroatoms. The number of phenolic OH excluding ortho intramolecular Hbond substituents is 1. The lowest BCUT2D eigenvalue weighted by Crippen LogP contribution is -2.37. The highest BCUT2D eigenvalue weighted by atomic mass is 79.9. The molecule has 1 N–H and O–H groups in total. The fraction of sp³-hybridized carbons (Fsp3) is 0.786. The molecule has 0 amide bonds. The third-order valence-corrected chi connectivity index (χ3v) is 8.99. The molecule has 0 spiro atoms. The summed E-state index contributed by atoms with van der Waals surface area (Å²) in [6, 6.07) is 0. The minimum Gasteiger partial charge on any atom is -0.506 e. The van der Waals surface area contributed by atoms with Gasteiger partial charge in [-0.3, -0.25) is 0 Å². The Labute approximate surface area is 214 Å². The van der Waals surface area contributed by atoms with E-state index < -0.39 is 0 Å². The second-order valence-electron chi connectivity index (χ2n) is 11.1. The molecular weight excluding hydrogens is 528 g/mol. The van der Waals surface area contributed by atoms with Crippen molar-refractivity contribution in [2.45, 2.75) is 123 Å². The minimum atomic E-state index is -0.109. The molecule has 2 nitrogen and oxygen atoms in total. The van der Waals surface area contributed by atoms with Crippen LogP contribution in [0.4, 0.5) is 0 Å². The first-order valence-electron chi connectivity index (χ1n) is 12.9. The molecule has 0 aliphatic carbocycles. The van der Waals surface area contributed by atoms with E-state index in [0.29, 0.717) is 11.1 Å². The molecule has 1 aromatic carbocycles. The first kappa shape index (κ1) is 28.0. The van der Waals surface area contributed by atoms with Gasteiger partial charge in [0.05, 0.1) is 4.47 Å². The van der Waals surface area contributed by atoms with Gasteiger partial charge in [0.15, 0.2) is 0 Å². The Bertz CT molecular complexity index is 731. The summed E-state index contributed by atoms with van der Waals surface area (Å²) < 4.78 is 7.38.